The Hall–Kier alpha value is -0.820. The summed E-state index contributed by atoms with van der Waals surface area (Å²) in [5.41, 5.74) is 1.72. The average molecular weight is 220 g/mol. The van der Waals surface area contributed by atoms with Crippen molar-refractivity contribution in [1.29, 1.82) is 0 Å². The van der Waals surface area contributed by atoms with Gasteiger partial charge in [-0.1, -0.05) is 51.1 Å². The highest BCUT2D eigenvalue weighted by Gasteiger charge is 2.09. The second-order valence-corrected chi connectivity index (χ2v) is 5.56. The normalized spacial score (nSPS) is 11.7. The van der Waals surface area contributed by atoms with E-state index in [1.165, 1.54) is 18.4 Å². The molecule has 0 heterocycles. The number of aryl methyl sites for hydroxylation is 1. The Bertz CT molecular complexity index is 271. The summed E-state index contributed by atoms with van der Waals surface area (Å²) in [5, 5.41) is 0. The zero-order valence-corrected chi connectivity index (χ0v) is 10.8. The number of benzene rings is 1. The summed E-state index contributed by atoms with van der Waals surface area (Å²) in [6, 6.07) is 10.7. The van der Waals surface area contributed by atoms with Crippen LogP contribution in [0.3, 0.4) is 0 Å². The van der Waals surface area contributed by atoms with Crippen molar-refractivity contribution in [1.82, 2.24) is 0 Å². The van der Waals surface area contributed by atoms with Gasteiger partial charge < -0.3 is 4.74 Å². The zero-order chi connectivity index (χ0) is 11.9. The number of unbranched alkanes of at least 4 members (excludes halogenated alkanes) is 1. The van der Waals surface area contributed by atoms with Gasteiger partial charge in [-0.15, -0.1) is 0 Å². The molecule has 1 nitrogen and oxygen atoms in total. The first-order valence-electron chi connectivity index (χ1n) is 6.20. The van der Waals surface area contributed by atoms with Gasteiger partial charge in [0.25, 0.3) is 0 Å². The van der Waals surface area contributed by atoms with E-state index in [0.29, 0.717) is 5.41 Å². The molecule has 0 aliphatic rings. The highest BCUT2D eigenvalue weighted by molar-refractivity contribution is 5.14. The molecule has 0 atom stereocenters. The molecule has 0 saturated carbocycles. The van der Waals surface area contributed by atoms with Crippen LogP contribution in [0, 0.1) is 5.41 Å². The molecule has 0 fully saturated rings. The minimum absolute atomic E-state index is 0.291. The van der Waals surface area contributed by atoms with Crippen molar-refractivity contribution in [3.8, 4) is 0 Å². The Balaban J connectivity index is 2.01. The molecule has 0 spiro atoms. The molecular weight excluding hydrogens is 196 g/mol. The fraction of sp³-hybridized carbons (Fsp3) is 0.600. The maximum absolute atomic E-state index is 5.64. The maximum Gasteiger partial charge on any atom is 0.0514 e. The number of hydrogen-bond donors (Lipinski definition) is 0. The number of rotatable bonds is 6. The van der Waals surface area contributed by atoms with Crippen LogP contribution >= 0.6 is 0 Å². The molecule has 1 rings (SSSR count). The van der Waals surface area contributed by atoms with Crippen LogP contribution in [0.25, 0.3) is 0 Å². The summed E-state index contributed by atoms with van der Waals surface area (Å²) in [7, 11) is 0. The molecule has 0 N–H and O–H groups in total. The van der Waals surface area contributed by atoms with Gasteiger partial charge in [0.2, 0.25) is 0 Å². The topological polar surface area (TPSA) is 9.23 Å². The molecule has 0 radical (unpaired) electrons. The molecule has 0 aromatic heterocycles. The summed E-state index contributed by atoms with van der Waals surface area (Å²) < 4.78 is 5.64. The van der Waals surface area contributed by atoms with Gasteiger partial charge in [-0.2, -0.15) is 0 Å². The van der Waals surface area contributed by atoms with Crippen molar-refractivity contribution >= 4 is 0 Å². The summed E-state index contributed by atoms with van der Waals surface area (Å²) in [4.78, 5) is 0. The third-order valence-electron chi connectivity index (χ3n) is 2.38. The van der Waals surface area contributed by atoms with Crippen LogP contribution in [0.2, 0.25) is 0 Å². The van der Waals surface area contributed by atoms with Gasteiger partial charge in [0.15, 0.2) is 0 Å². The Morgan fingerprint density at radius 1 is 1.00 bits per heavy atom. The van der Waals surface area contributed by atoms with E-state index in [1.807, 2.05) is 0 Å². The lowest BCUT2D eigenvalue weighted by atomic mass is 9.99. The van der Waals surface area contributed by atoms with Crippen molar-refractivity contribution in [3.63, 3.8) is 0 Å². The highest BCUT2D eigenvalue weighted by atomic mass is 16.5. The first-order valence-corrected chi connectivity index (χ1v) is 6.20. The first kappa shape index (κ1) is 13.2. The standard InChI is InChI=1S/C15H24O/c1-15(2,3)13-16-12-8-7-11-14-9-5-4-6-10-14/h4-6,9-10H,7-8,11-13H2,1-3H3. The van der Waals surface area contributed by atoms with Crippen molar-refractivity contribution in [2.24, 2.45) is 5.41 Å². The second kappa shape index (κ2) is 6.70. The van der Waals surface area contributed by atoms with Crippen LogP contribution in [0.15, 0.2) is 30.3 Å². The van der Waals surface area contributed by atoms with Crippen molar-refractivity contribution in [2.45, 2.75) is 40.0 Å². The fourth-order valence-electron chi connectivity index (χ4n) is 1.56. The van der Waals surface area contributed by atoms with Gasteiger partial charge >= 0.3 is 0 Å². The predicted octanol–water partition coefficient (Wildman–Crippen LogP) is 4.07. The third kappa shape index (κ3) is 6.62. The van der Waals surface area contributed by atoms with Crippen LogP contribution in [-0.2, 0) is 11.2 Å². The zero-order valence-electron chi connectivity index (χ0n) is 10.8. The van der Waals surface area contributed by atoms with Gasteiger partial charge in [-0.3, -0.25) is 0 Å². The minimum Gasteiger partial charge on any atom is -0.381 e. The summed E-state index contributed by atoms with van der Waals surface area (Å²) in [6.45, 7) is 8.37. The van der Waals surface area contributed by atoms with E-state index in [9.17, 15) is 0 Å². The van der Waals surface area contributed by atoms with E-state index < -0.39 is 0 Å². The van der Waals surface area contributed by atoms with E-state index in [4.69, 9.17) is 4.74 Å². The van der Waals surface area contributed by atoms with Crippen molar-refractivity contribution in [2.75, 3.05) is 13.2 Å². The lowest BCUT2D eigenvalue weighted by molar-refractivity contribution is 0.0689. The van der Waals surface area contributed by atoms with E-state index in [1.54, 1.807) is 0 Å². The molecule has 90 valence electrons. The smallest absolute Gasteiger partial charge is 0.0514 e. The number of ether oxygens (including phenoxy) is 1. The monoisotopic (exact) mass is 220 g/mol. The Kier molecular flexibility index (Phi) is 5.54. The van der Waals surface area contributed by atoms with E-state index in [2.05, 4.69) is 51.1 Å². The molecule has 0 amide bonds. The second-order valence-electron chi connectivity index (χ2n) is 5.56. The summed E-state index contributed by atoms with van der Waals surface area (Å²) >= 11 is 0. The molecule has 0 bridgehead atoms. The Labute approximate surface area is 99.8 Å². The highest BCUT2D eigenvalue weighted by Crippen LogP contribution is 2.13. The van der Waals surface area contributed by atoms with Crippen LogP contribution in [0.1, 0.15) is 39.2 Å². The SMILES string of the molecule is CC(C)(C)COCCCCc1ccccc1. The first-order chi connectivity index (χ1) is 7.58. The summed E-state index contributed by atoms with van der Waals surface area (Å²) in [5.74, 6) is 0. The van der Waals surface area contributed by atoms with Crippen LogP contribution in [0.4, 0.5) is 0 Å². The number of hydrogen-bond acceptors (Lipinski definition) is 1. The molecular formula is C15H24O. The van der Waals surface area contributed by atoms with Gasteiger partial charge in [0.1, 0.15) is 0 Å². The van der Waals surface area contributed by atoms with Crippen LogP contribution in [0.5, 0.6) is 0 Å². The molecule has 1 heteroatoms. The molecule has 16 heavy (non-hydrogen) atoms. The molecule has 0 aliphatic heterocycles. The van der Waals surface area contributed by atoms with Gasteiger partial charge in [-0.25, -0.2) is 0 Å². The van der Waals surface area contributed by atoms with Gasteiger partial charge in [0.05, 0.1) is 6.61 Å². The molecule has 0 unspecified atom stereocenters. The van der Waals surface area contributed by atoms with E-state index in [-0.39, 0.29) is 0 Å². The molecule has 1 aromatic carbocycles. The molecule has 0 aliphatic carbocycles. The largest absolute Gasteiger partial charge is 0.381 e. The maximum atomic E-state index is 5.64. The summed E-state index contributed by atoms with van der Waals surface area (Å²) in [6.07, 6.45) is 3.54. The third-order valence-corrected chi connectivity index (χ3v) is 2.38. The Morgan fingerprint density at radius 2 is 1.69 bits per heavy atom. The van der Waals surface area contributed by atoms with E-state index >= 15 is 0 Å². The van der Waals surface area contributed by atoms with Gasteiger partial charge in [0, 0.05) is 6.61 Å². The minimum atomic E-state index is 0.291. The van der Waals surface area contributed by atoms with Crippen molar-refractivity contribution < 1.29 is 4.74 Å². The van der Waals surface area contributed by atoms with Crippen LogP contribution < -0.4 is 0 Å². The van der Waals surface area contributed by atoms with Gasteiger partial charge in [-0.05, 0) is 30.2 Å². The molecule has 0 saturated heterocycles. The molecule has 1 aromatic rings. The average Bonchev–Trinajstić information content (AvgIpc) is 2.23. The van der Waals surface area contributed by atoms with E-state index in [0.717, 1.165) is 19.6 Å². The van der Waals surface area contributed by atoms with Crippen LogP contribution in [-0.4, -0.2) is 13.2 Å². The quantitative estimate of drug-likeness (QED) is 0.657. The Morgan fingerprint density at radius 3 is 2.31 bits per heavy atom. The predicted molar refractivity (Wildman–Crippen MR) is 69.7 cm³/mol. The lowest BCUT2D eigenvalue weighted by Gasteiger charge is -2.17. The fourth-order valence-corrected chi connectivity index (χ4v) is 1.56. The van der Waals surface area contributed by atoms with Crippen molar-refractivity contribution in [3.05, 3.63) is 35.9 Å². The lowest BCUT2D eigenvalue weighted by Crippen LogP contribution is -2.15.